The van der Waals surface area contributed by atoms with Crippen molar-refractivity contribution in [1.29, 1.82) is 0 Å². The Morgan fingerprint density at radius 1 is 1.30 bits per heavy atom. The summed E-state index contributed by atoms with van der Waals surface area (Å²) in [7, 11) is 1.76. The lowest BCUT2D eigenvalue weighted by atomic mass is 10.2. The van der Waals surface area contributed by atoms with Crippen LogP contribution in [-0.4, -0.2) is 24.6 Å². The standard InChI is InChI=1S/C10H9N5O4S/c1-13-6-11-12-10(13)20-5-7-2-3-8(14(16)17)4-9(7)15(18)19/h2-4,6H,5H2,1H3. The fourth-order valence-electron chi connectivity index (χ4n) is 1.50. The molecule has 0 atom stereocenters. The molecule has 2 aromatic rings. The number of aromatic nitrogens is 3. The van der Waals surface area contributed by atoms with Crippen LogP contribution in [0.1, 0.15) is 5.56 Å². The third kappa shape index (κ3) is 2.91. The van der Waals surface area contributed by atoms with Crippen LogP contribution in [0.2, 0.25) is 0 Å². The first-order chi connectivity index (χ1) is 9.49. The number of aryl methyl sites for hydroxylation is 1. The van der Waals surface area contributed by atoms with E-state index in [1.807, 2.05) is 0 Å². The van der Waals surface area contributed by atoms with Crippen molar-refractivity contribution in [2.45, 2.75) is 10.9 Å². The van der Waals surface area contributed by atoms with E-state index in [9.17, 15) is 20.2 Å². The third-order valence-corrected chi connectivity index (χ3v) is 3.59. The third-order valence-electron chi connectivity index (χ3n) is 2.50. The molecule has 1 heterocycles. The molecule has 0 N–H and O–H groups in total. The highest BCUT2D eigenvalue weighted by atomic mass is 32.2. The second-order valence-corrected chi connectivity index (χ2v) is 4.78. The van der Waals surface area contributed by atoms with Crippen molar-refractivity contribution in [3.05, 3.63) is 50.3 Å². The van der Waals surface area contributed by atoms with Crippen molar-refractivity contribution in [2.75, 3.05) is 0 Å². The summed E-state index contributed by atoms with van der Waals surface area (Å²) in [6, 6.07) is 3.60. The van der Waals surface area contributed by atoms with E-state index >= 15 is 0 Å². The number of nitro benzene ring substituents is 2. The molecule has 9 nitrogen and oxygen atoms in total. The molecule has 0 unspecified atom stereocenters. The fourth-order valence-corrected chi connectivity index (χ4v) is 2.39. The zero-order valence-electron chi connectivity index (χ0n) is 10.3. The van der Waals surface area contributed by atoms with E-state index in [-0.39, 0.29) is 17.1 Å². The Bertz CT molecular complexity index is 671. The van der Waals surface area contributed by atoms with Crippen LogP contribution < -0.4 is 0 Å². The molecule has 20 heavy (non-hydrogen) atoms. The lowest BCUT2D eigenvalue weighted by Crippen LogP contribution is -1.97. The predicted octanol–water partition coefficient (Wildman–Crippen LogP) is 1.92. The number of non-ortho nitro benzene ring substituents is 1. The van der Waals surface area contributed by atoms with Crippen LogP contribution >= 0.6 is 11.8 Å². The van der Waals surface area contributed by atoms with E-state index in [2.05, 4.69) is 10.2 Å². The summed E-state index contributed by atoms with van der Waals surface area (Å²) in [5.41, 5.74) is -0.174. The molecule has 0 amide bonds. The highest BCUT2D eigenvalue weighted by Gasteiger charge is 2.19. The second-order valence-electron chi connectivity index (χ2n) is 3.84. The Labute approximate surface area is 116 Å². The zero-order chi connectivity index (χ0) is 14.7. The molecule has 0 saturated heterocycles. The highest BCUT2D eigenvalue weighted by molar-refractivity contribution is 7.98. The van der Waals surface area contributed by atoms with Gasteiger partial charge in [0, 0.05) is 24.4 Å². The Morgan fingerprint density at radius 2 is 2.05 bits per heavy atom. The number of nitro groups is 2. The lowest BCUT2D eigenvalue weighted by Gasteiger charge is -2.02. The van der Waals surface area contributed by atoms with Crippen molar-refractivity contribution in [3.63, 3.8) is 0 Å². The van der Waals surface area contributed by atoms with Gasteiger partial charge in [-0.15, -0.1) is 10.2 Å². The Balaban J connectivity index is 2.25. The average Bonchev–Trinajstić information content (AvgIpc) is 2.81. The minimum Gasteiger partial charge on any atom is -0.312 e. The maximum absolute atomic E-state index is 11.0. The Morgan fingerprint density at radius 3 is 2.60 bits per heavy atom. The van der Waals surface area contributed by atoms with Crippen LogP contribution in [0.5, 0.6) is 0 Å². The molecule has 0 bridgehead atoms. The molecule has 1 aromatic carbocycles. The van der Waals surface area contributed by atoms with Gasteiger partial charge in [-0.2, -0.15) is 0 Å². The van der Waals surface area contributed by atoms with Gasteiger partial charge in [0.1, 0.15) is 6.33 Å². The molecule has 0 aliphatic heterocycles. The van der Waals surface area contributed by atoms with E-state index in [4.69, 9.17) is 0 Å². The van der Waals surface area contributed by atoms with Crippen LogP contribution in [0.15, 0.2) is 29.7 Å². The van der Waals surface area contributed by atoms with E-state index in [0.29, 0.717) is 10.7 Å². The molecule has 10 heteroatoms. The molecule has 0 aliphatic rings. The van der Waals surface area contributed by atoms with Gasteiger partial charge in [0.2, 0.25) is 0 Å². The number of benzene rings is 1. The predicted molar refractivity (Wildman–Crippen MR) is 70.3 cm³/mol. The summed E-state index contributed by atoms with van der Waals surface area (Å²) in [5.74, 6) is 0.279. The summed E-state index contributed by atoms with van der Waals surface area (Å²) in [4.78, 5) is 20.3. The van der Waals surface area contributed by atoms with Gasteiger partial charge >= 0.3 is 0 Å². The first-order valence-electron chi connectivity index (χ1n) is 5.37. The summed E-state index contributed by atoms with van der Waals surface area (Å²) in [6.45, 7) is 0. The normalized spacial score (nSPS) is 10.4. The summed E-state index contributed by atoms with van der Waals surface area (Å²) in [5, 5.41) is 29.8. The van der Waals surface area contributed by atoms with Gasteiger partial charge in [0.25, 0.3) is 11.4 Å². The molecular formula is C10H9N5O4S. The number of rotatable bonds is 5. The monoisotopic (exact) mass is 295 g/mol. The van der Waals surface area contributed by atoms with Gasteiger partial charge < -0.3 is 4.57 Å². The van der Waals surface area contributed by atoms with E-state index < -0.39 is 9.85 Å². The molecule has 104 valence electrons. The Hall–Kier alpha value is -2.49. The number of hydrogen-bond acceptors (Lipinski definition) is 7. The largest absolute Gasteiger partial charge is 0.312 e. The van der Waals surface area contributed by atoms with Crippen LogP contribution in [0.25, 0.3) is 0 Å². The van der Waals surface area contributed by atoms with Crippen molar-refractivity contribution in [3.8, 4) is 0 Å². The SMILES string of the molecule is Cn1cnnc1SCc1ccc([N+](=O)[O-])cc1[N+](=O)[O-]. The van der Waals surface area contributed by atoms with Gasteiger partial charge in [-0.25, -0.2) is 0 Å². The number of hydrogen-bond donors (Lipinski definition) is 0. The minimum absolute atomic E-state index is 0.270. The molecule has 0 spiro atoms. The van der Waals surface area contributed by atoms with E-state index in [1.165, 1.54) is 30.2 Å². The van der Waals surface area contributed by atoms with Crippen LogP contribution in [-0.2, 0) is 12.8 Å². The first kappa shape index (κ1) is 13.9. The first-order valence-corrected chi connectivity index (χ1v) is 6.36. The van der Waals surface area contributed by atoms with E-state index in [0.717, 1.165) is 6.07 Å². The van der Waals surface area contributed by atoms with Crippen molar-refractivity contribution < 1.29 is 9.85 Å². The maximum atomic E-state index is 11.0. The van der Waals surface area contributed by atoms with Crippen LogP contribution in [0.3, 0.4) is 0 Å². The molecule has 0 aliphatic carbocycles. The van der Waals surface area contributed by atoms with Crippen molar-refractivity contribution >= 4 is 23.1 Å². The topological polar surface area (TPSA) is 117 Å². The molecule has 2 rings (SSSR count). The van der Waals surface area contributed by atoms with Crippen LogP contribution in [0.4, 0.5) is 11.4 Å². The van der Waals surface area contributed by atoms with Crippen molar-refractivity contribution in [2.24, 2.45) is 7.05 Å². The molecule has 0 radical (unpaired) electrons. The van der Waals surface area contributed by atoms with Gasteiger partial charge in [0.05, 0.1) is 15.9 Å². The summed E-state index contributed by atoms with van der Waals surface area (Å²) < 4.78 is 1.68. The van der Waals surface area contributed by atoms with E-state index in [1.54, 1.807) is 11.6 Å². The second kappa shape index (κ2) is 5.65. The quantitative estimate of drug-likeness (QED) is 0.469. The summed E-state index contributed by atoms with van der Waals surface area (Å²) >= 11 is 1.27. The zero-order valence-corrected chi connectivity index (χ0v) is 11.1. The number of nitrogens with zero attached hydrogens (tertiary/aromatic N) is 5. The molecule has 1 aromatic heterocycles. The molecule has 0 fully saturated rings. The van der Waals surface area contributed by atoms with Gasteiger partial charge in [-0.3, -0.25) is 20.2 Å². The Kier molecular flexibility index (Phi) is 3.94. The van der Waals surface area contributed by atoms with Crippen molar-refractivity contribution in [1.82, 2.24) is 14.8 Å². The number of thioether (sulfide) groups is 1. The molecule has 0 saturated carbocycles. The lowest BCUT2D eigenvalue weighted by molar-refractivity contribution is -0.394. The fraction of sp³-hybridized carbons (Fsp3) is 0.200. The smallest absolute Gasteiger partial charge is 0.280 e. The maximum Gasteiger partial charge on any atom is 0.280 e. The summed E-state index contributed by atoms with van der Waals surface area (Å²) in [6.07, 6.45) is 1.52. The molecular weight excluding hydrogens is 286 g/mol. The highest BCUT2D eigenvalue weighted by Crippen LogP contribution is 2.29. The van der Waals surface area contributed by atoms with Crippen LogP contribution in [0, 0.1) is 20.2 Å². The van der Waals surface area contributed by atoms with Gasteiger partial charge in [0.15, 0.2) is 5.16 Å². The van der Waals surface area contributed by atoms with Gasteiger partial charge in [-0.1, -0.05) is 11.8 Å². The average molecular weight is 295 g/mol. The minimum atomic E-state index is -0.660. The van der Waals surface area contributed by atoms with Gasteiger partial charge in [-0.05, 0) is 6.07 Å².